The van der Waals surface area contributed by atoms with E-state index in [9.17, 15) is 4.79 Å². The summed E-state index contributed by atoms with van der Waals surface area (Å²) in [6, 6.07) is 6.23. The number of ether oxygens (including phenoxy) is 1. The molecule has 1 N–H and O–H groups in total. The molecule has 0 unspecified atom stereocenters. The van der Waals surface area contributed by atoms with E-state index in [1.54, 1.807) is 6.08 Å². The lowest BCUT2D eigenvalue weighted by atomic mass is 10.0. The summed E-state index contributed by atoms with van der Waals surface area (Å²) >= 11 is 0. The van der Waals surface area contributed by atoms with E-state index in [1.807, 2.05) is 30.7 Å². The van der Waals surface area contributed by atoms with Crippen LogP contribution in [0.1, 0.15) is 23.2 Å². The Bertz CT molecular complexity index is 763. The summed E-state index contributed by atoms with van der Waals surface area (Å²) in [5.41, 5.74) is 3.43. The first kappa shape index (κ1) is 14.1. The van der Waals surface area contributed by atoms with Crippen molar-refractivity contribution in [3.8, 4) is 5.75 Å². The maximum Gasteiger partial charge on any atom is 0.244 e. The van der Waals surface area contributed by atoms with E-state index in [0.717, 1.165) is 43.7 Å². The van der Waals surface area contributed by atoms with Gasteiger partial charge in [-0.3, -0.25) is 4.79 Å². The minimum Gasteiger partial charge on any atom is -0.493 e. The molecule has 0 saturated carbocycles. The topological polar surface area (TPSA) is 56.1 Å². The third-order valence-electron chi connectivity index (χ3n) is 4.46. The summed E-state index contributed by atoms with van der Waals surface area (Å²) in [5.74, 6) is 0.921. The van der Waals surface area contributed by atoms with Crippen molar-refractivity contribution in [1.29, 1.82) is 0 Å². The highest BCUT2D eigenvalue weighted by Crippen LogP contribution is 2.26. The maximum absolute atomic E-state index is 12.1. The van der Waals surface area contributed by atoms with E-state index >= 15 is 0 Å². The van der Waals surface area contributed by atoms with Crippen molar-refractivity contribution in [1.82, 2.24) is 14.9 Å². The van der Waals surface area contributed by atoms with Crippen molar-refractivity contribution < 1.29 is 9.53 Å². The molecular weight excluding hydrogens is 290 g/mol. The van der Waals surface area contributed by atoms with Crippen LogP contribution in [0.15, 0.2) is 36.8 Å². The van der Waals surface area contributed by atoms with Crippen LogP contribution < -0.4 is 10.1 Å². The fourth-order valence-corrected chi connectivity index (χ4v) is 3.22. The predicted octanol–water partition coefficient (Wildman–Crippen LogP) is 1.96. The van der Waals surface area contributed by atoms with Crippen LogP contribution in [0.25, 0.3) is 6.08 Å². The molecule has 4 rings (SSSR count). The molecule has 1 atom stereocenters. The lowest BCUT2D eigenvalue weighted by Gasteiger charge is -2.24. The number of carbonyl (C=O) groups excluding carboxylic acids is 1. The van der Waals surface area contributed by atoms with Gasteiger partial charge in [-0.2, -0.15) is 0 Å². The van der Waals surface area contributed by atoms with Gasteiger partial charge in [-0.15, -0.1) is 0 Å². The molecule has 118 valence electrons. The highest BCUT2D eigenvalue weighted by atomic mass is 16.5. The van der Waals surface area contributed by atoms with Gasteiger partial charge in [0.1, 0.15) is 5.75 Å². The molecular formula is C18H19N3O2. The molecule has 2 aromatic rings. The van der Waals surface area contributed by atoms with E-state index in [1.165, 1.54) is 11.3 Å². The van der Waals surface area contributed by atoms with E-state index in [4.69, 9.17) is 4.74 Å². The first-order chi connectivity index (χ1) is 11.3. The minimum absolute atomic E-state index is 0.0419. The molecule has 5 nitrogen and oxygen atoms in total. The summed E-state index contributed by atoms with van der Waals surface area (Å²) in [7, 11) is 0. The number of fused-ring (bicyclic) bond motifs is 2. The molecule has 0 bridgehead atoms. The van der Waals surface area contributed by atoms with Gasteiger partial charge in [0, 0.05) is 43.4 Å². The van der Waals surface area contributed by atoms with Crippen molar-refractivity contribution >= 4 is 12.0 Å². The first-order valence-corrected chi connectivity index (χ1v) is 8.01. The average Bonchev–Trinajstić information content (AvgIpc) is 3.20. The Morgan fingerprint density at radius 2 is 2.39 bits per heavy atom. The van der Waals surface area contributed by atoms with Gasteiger partial charge in [0.25, 0.3) is 0 Å². The zero-order chi connectivity index (χ0) is 15.6. The van der Waals surface area contributed by atoms with E-state index in [-0.39, 0.29) is 11.9 Å². The Labute approximate surface area is 135 Å². The number of nitrogens with zero attached hydrogens (tertiary/aromatic N) is 2. The van der Waals surface area contributed by atoms with Gasteiger partial charge >= 0.3 is 0 Å². The van der Waals surface area contributed by atoms with Crippen LogP contribution in [0.4, 0.5) is 0 Å². The third kappa shape index (κ3) is 2.99. The van der Waals surface area contributed by atoms with E-state index in [2.05, 4.69) is 20.9 Å². The number of rotatable bonds is 3. The molecule has 1 amide bonds. The fraction of sp³-hybridized carbons (Fsp3) is 0.333. The normalized spacial score (nSPS) is 19.2. The number of hydrogen-bond donors (Lipinski definition) is 1. The highest BCUT2D eigenvalue weighted by molar-refractivity contribution is 5.92. The smallest absolute Gasteiger partial charge is 0.244 e. The number of aromatic nitrogens is 2. The molecule has 2 aliphatic heterocycles. The molecule has 0 fully saturated rings. The van der Waals surface area contributed by atoms with Crippen LogP contribution >= 0.6 is 0 Å². The predicted molar refractivity (Wildman–Crippen MR) is 87.2 cm³/mol. The minimum atomic E-state index is -0.0419. The SMILES string of the molecule is O=C(/C=C/c1ccc2c(c1)CCO2)N[C@H]1CCn2cncc2C1. The summed E-state index contributed by atoms with van der Waals surface area (Å²) in [4.78, 5) is 16.3. The van der Waals surface area contributed by atoms with Crippen LogP contribution in [0.3, 0.4) is 0 Å². The number of aryl methyl sites for hydroxylation is 1. The first-order valence-electron chi connectivity index (χ1n) is 8.01. The van der Waals surface area contributed by atoms with Crippen molar-refractivity contribution in [2.45, 2.75) is 31.8 Å². The molecule has 1 aromatic heterocycles. The maximum atomic E-state index is 12.1. The molecule has 3 heterocycles. The van der Waals surface area contributed by atoms with Gasteiger partial charge in [-0.25, -0.2) is 4.98 Å². The second-order valence-corrected chi connectivity index (χ2v) is 6.08. The largest absolute Gasteiger partial charge is 0.493 e. The second-order valence-electron chi connectivity index (χ2n) is 6.08. The zero-order valence-electron chi connectivity index (χ0n) is 12.9. The molecule has 5 heteroatoms. The number of carbonyl (C=O) groups is 1. The molecule has 0 saturated heterocycles. The molecule has 1 aromatic carbocycles. The summed E-state index contributed by atoms with van der Waals surface area (Å²) in [6.45, 7) is 1.66. The van der Waals surface area contributed by atoms with Gasteiger partial charge < -0.3 is 14.6 Å². The molecule has 0 aliphatic carbocycles. The zero-order valence-corrected chi connectivity index (χ0v) is 12.9. The van der Waals surface area contributed by atoms with E-state index in [0.29, 0.717) is 0 Å². The Hall–Kier alpha value is -2.56. The van der Waals surface area contributed by atoms with Gasteiger partial charge in [0.05, 0.1) is 12.9 Å². The Kier molecular flexibility index (Phi) is 3.61. The molecule has 0 spiro atoms. The molecule has 23 heavy (non-hydrogen) atoms. The van der Waals surface area contributed by atoms with Crippen LogP contribution in [0.5, 0.6) is 5.75 Å². The van der Waals surface area contributed by atoms with Crippen LogP contribution in [0.2, 0.25) is 0 Å². The molecule has 2 aliphatic rings. The summed E-state index contributed by atoms with van der Waals surface area (Å²) in [6.07, 6.45) is 9.93. The fourth-order valence-electron chi connectivity index (χ4n) is 3.22. The lowest BCUT2D eigenvalue weighted by molar-refractivity contribution is -0.117. The number of nitrogens with one attached hydrogen (secondary N) is 1. The number of amides is 1. The number of hydrogen-bond acceptors (Lipinski definition) is 3. The Balaban J connectivity index is 1.37. The number of benzene rings is 1. The Morgan fingerprint density at radius 3 is 3.35 bits per heavy atom. The third-order valence-corrected chi connectivity index (χ3v) is 4.46. The monoisotopic (exact) mass is 309 g/mol. The quantitative estimate of drug-likeness (QED) is 0.882. The van der Waals surface area contributed by atoms with Crippen LogP contribution in [-0.4, -0.2) is 28.1 Å². The number of imidazole rings is 1. The average molecular weight is 309 g/mol. The van der Waals surface area contributed by atoms with Crippen molar-refractivity contribution in [2.75, 3.05) is 6.61 Å². The lowest BCUT2D eigenvalue weighted by Crippen LogP contribution is -2.39. The van der Waals surface area contributed by atoms with Gasteiger partial charge in [-0.1, -0.05) is 6.07 Å². The summed E-state index contributed by atoms with van der Waals surface area (Å²) < 4.78 is 7.64. The van der Waals surface area contributed by atoms with Gasteiger partial charge in [-0.05, 0) is 35.8 Å². The Morgan fingerprint density at radius 1 is 1.43 bits per heavy atom. The highest BCUT2D eigenvalue weighted by Gasteiger charge is 2.19. The van der Waals surface area contributed by atoms with Crippen molar-refractivity contribution in [3.05, 3.63) is 53.6 Å². The standard InChI is InChI=1S/C18H19N3O2/c22-18(20-15-5-7-21-12-19-11-16(21)10-15)4-2-13-1-3-17-14(9-13)6-8-23-17/h1-4,9,11-12,15H,5-8,10H2,(H,20,22)/b4-2+/t15-/m0/s1. The van der Waals surface area contributed by atoms with Gasteiger partial charge in [0.2, 0.25) is 5.91 Å². The van der Waals surface area contributed by atoms with Crippen molar-refractivity contribution in [3.63, 3.8) is 0 Å². The molecule has 0 radical (unpaired) electrons. The van der Waals surface area contributed by atoms with Crippen LogP contribution in [0, 0.1) is 0 Å². The van der Waals surface area contributed by atoms with E-state index < -0.39 is 0 Å². The second kappa shape index (κ2) is 5.91. The van der Waals surface area contributed by atoms with Gasteiger partial charge in [0.15, 0.2) is 0 Å². The van der Waals surface area contributed by atoms with Crippen molar-refractivity contribution in [2.24, 2.45) is 0 Å². The summed E-state index contributed by atoms with van der Waals surface area (Å²) in [5, 5.41) is 3.08. The van der Waals surface area contributed by atoms with Crippen LogP contribution in [-0.2, 0) is 24.2 Å².